The molecule has 1 heterocycles. The summed E-state index contributed by atoms with van der Waals surface area (Å²) in [5.74, 6) is 1.69. The molecule has 0 aliphatic carbocycles. The Balaban J connectivity index is 2.14. The molecule has 0 spiro atoms. The molecule has 0 aromatic carbocycles. The number of hydrogen-bond acceptors (Lipinski definition) is 2. The van der Waals surface area contributed by atoms with Gasteiger partial charge in [0.05, 0.1) is 0 Å². The molecule has 0 amide bonds. The Morgan fingerprint density at radius 2 is 1.76 bits per heavy atom. The Morgan fingerprint density at radius 1 is 1.06 bits per heavy atom. The number of hydrogen-bond donors (Lipinski definition) is 1. The van der Waals surface area contributed by atoms with Gasteiger partial charge in [0, 0.05) is 6.42 Å². The second-order valence-corrected chi connectivity index (χ2v) is 4.73. The third kappa shape index (κ3) is 5.40. The molecule has 0 saturated carbocycles. The first-order valence-electron chi connectivity index (χ1n) is 7.04. The highest BCUT2D eigenvalue weighted by atomic mass is 16.4. The number of aliphatic hydroxyl groups is 1. The van der Waals surface area contributed by atoms with Gasteiger partial charge in [-0.3, -0.25) is 0 Å². The smallest absolute Gasteiger partial charge is 0.132 e. The highest BCUT2D eigenvalue weighted by Gasteiger charge is 2.11. The molecule has 0 radical (unpaired) electrons. The summed E-state index contributed by atoms with van der Waals surface area (Å²) in [6, 6.07) is 3.86. The summed E-state index contributed by atoms with van der Waals surface area (Å²) in [5.41, 5.74) is 0. The van der Waals surface area contributed by atoms with Crippen molar-refractivity contribution in [3.63, 3.8) is 0 Å². The van der Waals surface area contributed by atoms with Gasteiger partial charge in [0.25, 0.3) is 0 Å². The van der Waals surface area contributed by atoms with Gasteiger partial charge in [0.15, 0.2) is 0 Å². The van der Waals surface area contributed by atoms with E-state index in [1.807, 2.05) is 12.1 Å². The highest BCUT2D eigenvalue weighted by molar-refractivity contribution is 5.09. The average molecular weight is 238 g/mol. The van der Waals surface area contributed by atoms with Crippen LogP contribution in [0.15, 0.2) is 16.5 Å². The quantitative estimate of drug-likeness (QED) is 0.636. The Bertz CT molecular complexity index is 291. The van der Waals surface area contributed by atoms with Crippen LogP contribution in [0.2, 0.25) is 0 Å². The second kappa shape index (κ2) is 8.35. The summed E-state index contributed by atoms with van der Waals surface area (Å²) in [6.07, 6.45) is 8.85. The molecule has 0 aliphatic heterocycles. The molecule has 1 unspecified atom stereocenters. The van der Waals surface area contributed by atoms with Crippen LogP contribution in [0.4, 0.5) is 0 Å². The second-order valence-electron chi connectivity index (χ2n) is 4.73. The topological polar surface area (TPSA) is 33.4 Å². The van der Waals surface area contributed by atoms with Crippen LogP contribution in [0.1, 0.15) is 76.4 Å². The zero-order chi connectivity index (χ0) is 12.5. The van der Waals surface area contributed by atoms with Gasteiger partial charge in [0.1, 0.15) is 17.6 Å². The minimum atomic E-state index is -0.415. The fraction of sp³-hybridized carbons (Fsp3) is 0.733. The number of furan rings is 1. The summed E-state index contributed by atoms with van der Waals surface area (Å²) >= 11 is 0. The number of aryl methyl sites for hydroxylation is 1. The van der Waals surface area contributed by atoms with Crippen LogP contribution in [-0.4, -0.2) is 5.11 Å². The van der Waals surface area contributed by atoms with Crippen molar-refractivity contribution >= 4 is 0 Å². The van der Waals surface area contributed by atoms with Crippen LogP contribution in [0.25, 0.3) is 0 Å². The molecule has 0 saturated heterocycles. The number of aliphatic hydroxyl groups excluding tert-OH is 1. The van der Waals surface area contributed by atoms with Crippen LogP contribution in [0.5, 0.6) is 0 Å². The molecular weight excluding hydrogens is 212 g/mol. The molecule has 0 aliphatic rings. The van der Waals surface area contributed by atoms with E-state index in [0.29, 0.717) is 0 Å². The van der Waals surface area contributed by atoms with E-state index in [0.717, 1.165) is 30.8 Å². The summed E-state index contributed by atoms with van der Waals surface area (Å²) in [5, 5.41) is 9.94. The lowest BCUT2D eigenvalue weighted by atomic mass is 10.1. The van der Waals surface area contributed by atoms with Gasteiger partial charge in [-0.25, -0.2) is 0 Å². The maximum Gasteiger partial charge on any atom is 0.132 e. The zero-order valence-electron chi connectivity index (χ0n) is 11.2. The number of unbranched alkanes of at least 4 members (excludes halogenated alkanes) is 5. The van der Waals surface area contributed by atoms with Gasteiger partial charge in [-0.05, 0) is 18.6 Å². The Labute approximate surface area is 105 Å². The first-order valence-corrected chi connectivity index (χ1v) is 7.04. The minimum Gasteiger partial charge on any atom is -0.463 e. The molecule has 98 valence electrons. The monoisotopic (exact) mass is 238 g/mol. The van der Waals surface area contributed by atoms with Crippen LogP contribution in [0, 0.1) is 0 Å². The van der Waals surface area contributed by atoms with Gasteiger partial charge < -0.3 is 9.52 Å². The number of rotatable bonds is 9. The summed E-state index contributed by atoms with van der Waals surface area (Å²) in [6.45, 7) is 4.29. The molecule has 1 N–H and O–H groups in total. The Morgan fingerprint density at radius 3 is 2.41 bits per heavy atom. The molecule has 2 heteroatoms. The van der Waals surface area contributed by atoms with Crippen molar-refractivity contribution in [2.24, 2.45) is 0 Å². The van der Waals surface area contributed by atoms with Crippen molar-refractivity contribution in [3.05, 3.63) is 23.7 Å². The Kier molecular flexibility index (Phi) is 7.02. The SMILES string of the molecule is CCCCCCCCC(O)c1ccc(CC)o1. The van der Waals surface area contributed by atoms with E-state index in [1.165, 1.54) is 32.1 Å². The normalized spacial score (nSPS) is 12.9. The van der Waals surface area contributed by atoms with Crippen molar-refractivity contribution < 1.29 is 9.52 Å². The fourth-order valence-electron chi connectivity index (χ4n) is 2.02. The molecule has 1 rings (SSSR count). The standard InChI is InChI=1S/C15H26O2/c1-3-5-6-7-8-9-10-14(16)15-12-11-13(4-2)17-15/h11-12,14,16H,3-10H2,1-2H3. The third-order valence-corrected chi connectivity index (χ3v) is 3.19. The Hall–Kier alpha value is -0.760. The predicted molar refractivity (Wildman–Crippen MR) is 71.0 cm³/mol. The molecule has 17 heavy (non-hydrogen) atoms. The summed E-state index contributed by atoms with van der Waals surface area (Å²) < 4.78 is 5.54. The van der Waals surface area contributed by atoms with E-state index in [1.54, 1.807) is 0 Å². The van der Waals surface area contributed by atoms with Crippen LogP contribution >= 0.6 is 0 Å². The van der Waals surface area contributed by atoms with Crippen molar-refractivity contribution in [2.45, 2.75) is 71.3 Å². The van der Waals surface area contributed by atoms with Crippen molar-refractivity contribution in [1.82, 2.24) is 0 Å². The van der Waals surface area contributed by atoms with Crippen molar-refractivity contribution in [3.8, 4) is 0 Å². The zero-order valence-corrected chi connectivity index (χ0v) is 11.2. The average Bonchev–Trinajstić information content (AvgIpc) is 2.82. The van der Waals surface area contributed by atoms with E-state index >= 15 is 0 Å². The molecule has 2 nitrogen and oxygen atoms in total. The van der Waals surface area contributed by atoms with Gasteiger partial charge in [-0.1, -0.05) is 52.4 Å². The molecule has 1 aromatic heterocycles. The van der Waals surface area contributed by atoms with Crippen molar-refractivity contribution in [1.29, 1.82) is 0 Å². The van der Waals surface area contributed by atoms with Crippen LogP contribution in [0.3, 0.4) is 0 Å². The lowest BCUT2D eigenvalue weighted by molar-refractivity contribution is 0.135. The maximum atomic E-state index is 9.94. The summed E-state index contributed by atoms with van der Waals surface area (Å²) in [4.78, 5) is 0. The third-order valence-electron chi connectivity index (χ3n) is 3.19. The molecule has 1 aromatic rings. The van der Waals surface area contributed by atoms with Crippen LogP contribution in [-0.2, 0) is 6.42 Å². The van der Waals surface area contributed by atoms with E-state index in [9.17, 15) is 5.11 Å². The van der Waals surface area contributed by atoms with E-state index in [4.69, 9.17) is 4.42 Å². The van der Waals surface area contributed by atoms with Gasteiger partial charge >= 0.3 is 0 Å². The van der Waals surface area contributed by atoms with Gasteiger partial charge in [0.2, 0.25) is 0 Å². The molecule has 1 atom stereocenters. The predicted octanol–water partition coefficient (Wildman–Crippen LogP) is 4.63. The first-order chi connectivity index (χ1) is 8.27. The van der Waals surface area contributed by atoms with Crippen LogP contribution < -0.4 is 0 Å². The summed E-state index contributed by atoms with van der Waals surface area (Å²) in [7, 11) is 0. The minimum absolute atomic E-state index is 0.415. The van der Waals surface area contributed by atoms with Crippen molar-refractivity contribution in [2.75, 3.05) is 0 Å². The largest absolute Gasteiger partial charge is 0.463 e. The van der Waals surface area contributed by atoms with Gasteiger partial charge in [-0.15, -0.1) is 0 Å². The van der Waals surface area contributed by atoms with E-state index in [2.05, 4.69) is 13.8 Å². The lowest BCUT2D eigenvalue weighted by Gasteiger charge is -2.07. The highest BCUT2D eigenvalue weighted by Crippen LogP contribution is 2.22. The van der Waals surface area contributed by atoms with Gasteiger partial charge in [-0.2, -0.15) is 0 Å². The fourth-order valence-corrected chi connectivity index (χ4v) is 2.02. The lowest BCUT2D eigenvalue weighted by Crippen LogP contribution is -1.95. The molecule has 0 bridgehead atoms. The first kappa shape index (κ1) is 14.3. The molecule has 0 fully saturated rings. The molecular formula is C15H26O2. The maximum absolute atomic E-state index is 9.94. The van der Waals surface area contributed by atoms with E-state index < -0.39 is 6.10 Å². The van der Waals surface area contributed by atoms with E-state index in [-0.39, 0.29) is 0 Å².